The third-order valence-corrected chi connectivity index (χ3v) is 2.01. The fraction of sp³-hybridized carbons (Fsp3) is 1.00. The molecular weight excluding hydrogens is 170 g/mol. The lowest BCUT2D eigenvalue weighted by atomic mass is 10.1. The largest absolute Gasteiger partial charge is 0.381 e. The summed E-state index contributed by atoms with van der Waals surface area (Å²) in [5.41, 5.74) is 5.26. The van der Waals surface area contributed by atoms with E-state index in [1.54, 1.807) is 0 Å². The van der Waals surface area contributed by atoms with Crippen molar-refractivity contribution in [3.05, 3.63) is 0 Å². The summed E-state index contributed by atoms with van der Waals surface area (Å²) in [6, 6.07) is 0. The van der Waals surface area contributed by atoms with Gasteiger partial charge in [0.1, 0.15) is 0 Å². The molecule has 0 amide bonds. The fourth-order valence-corrected chi connectivity index (χ4v) is 1.27. The van der Waals surface area contributed by atoms with Crippen LogP contribution in [0.25, 0.3) is 0 Å². The van der Waals surface area contributed by atoms with Gasteiger partial charge >= 0.3 is 0 Å². The molecule has 0 aliphatic carbocycles. The van der Waals surface area contributed by atoms with Crippen LogP contribution in [0.5, 0.6) is 0 Å². The molecule has 1 saturated heterocycles. The summed E-state index contributed by atoms with van der Waals surface area (Å²) in [7, 11) is 0. The van der Waals surface area contributed by atoms with Crippen molar-refractivity contribution in [1.29, 1.82) is 0 Å². The molecule has 1 fully saturated rings. The van der Waals surface area contributed by atoms with E-state index in [0.717, 1.165) is 26.2 Å². The van der Waals surface area contributed by atoms with Crippen LogP contribution in [0, 0.1) is 5.92 Å². The topological polar surface area (TPSA) is 53.7 Å². The van der Waals surface area contributed by atoms with E-state index in [-0.39, 0.29) is 0 Å². The lowest BCUT2D eigenvalue weighted by Crippen LogP contribution is -2.15. The quantitative estimate of drug-likeness (QED) is 0.573. The van der Waals surface area contributed by atoms with Crippen molar-refractivity contribution in [2.24, 2.45) is 11.7 Å². The van der Waals surface area contributed by atoms with E-state index in [2.05, 4.69) is 0 Å². The molecule has 0 spiro atoms. The van der Waals surface area contributed by atoms with Gasteiger partial charge in [0, 0.05) is 19.1 Å². The van der Waals surface area contributed by atoms with Gasteiger partial charge < -0.3 is 19.9 Å². The van der Waals surface area contributed by atoms with Gasteiger partial charge in [-0.15, -0.1) is 0 Å². The van der Waals surface area contributed by atoms with E-state index in [0.29, 0.717) is 32.3 Å². The molecule has 1 aliphatic heterocycles. The smallest absolute Gasteiger partial charge is 0.0701 e. The Kier molecular flexibility index (Phi) is 6.10. The molecule has 4 nitrogen and oxygen atoms in total. The lowest BCUT2D eigenvalue weighted by Gasteiger charge is -2.08. The number of nitrogens with two attached hydrogens (primary N) is 1. The molecule has 1 atom stereocenters. The van der Waals surface area contributed by atoms with Crippen molar-refractivity contribution in [2.75, 3.05) is 46.2 Å². The van der Waals surface area contributed by atoms with Crippen LogP contribution in [0.3, 0.4) is 0 Å². The van der Waals surface area contributed by atoms with Crippen LogP contribution in [0.4, 0.5) is 0 Å². The van der Waals surface area contributed by atoms with Crippen LogP contribution in [0.1, 0.15) is 6.42 Å². The lowest BCUT2D eigenvalue weighted by molar-refractivity contribution is 0.0336. The first-order valence-electron chi connectivity index (χ1n) is 4.87. The Morgan fingerprint density at radius 3 is 2.77 bits per heavy atom. The Morgan fingerprint density at radius 2 is 2.08 bits per heavy atom. The summed E-state index contributed by atoms with van der Waals surface area (Å²) in [6.45, 7) is 5.04. The fourth-order valence-electron chi connectivity index (χ4n) is 1.27. The third-order valence-electron chi connectivity index (χ3n) is 2.01. The first kappa shape index (κ1) is 10.9. The average Bonchev–Trinajstić information content (AvgIpc) is 2.63. The summed E-state index contributed by atoms with van der Waals surface area (Å²) in [6.07, 6.45) is 1.13. The van der Waals surface area contributed by atoms with Crippen LogP contribution in [0.15, 0.2) is 0 Å². The minimum absolute atomic E-state index is 0.580. The molecule has 0 bridgehead atoms. The Labute approximate surface area is 79.3 Å². The van der Waals surface area contributed by atoms with Gasteiger partial charge in [-0.05, 0) is 6.42 Å². The summed E-state index contributed by atoms with van der Waals surface area (Å²) >= 11 is 0. The van der Waals surface area contributed by atoms with Crippen molar-refractivity contribution in [2.45, 2.75) is 6.42 Å². The van der Waals surface area contributed by atoms with Gasteiger partial charge in [-0.1, -0.05) is 0 Å². The summed E-state index contributed by atoms with van der Waals surface area (Å²) < 4.78 is 15.8. The van der Waals surface area contributed by atoms with Crippen LogP contribution in [0.2, 0.25) is 0 Å². The Bertz CT molecular complexity index is 115. The number of hydrogen-bond acceptors (Lipinski definition) is 4. The van der Waals surface area contributed by atoms with Gasteiger partial charge in [-0.2, -0.15) is 0 Å². The zero-order chi connectivity index (χ0) is 9.36. The minimum Gasteiger partial charge on any atom is -0.381 e. The normalized spacial score (nSPS) is 22.4. The Balaban J connectivity index is 1.78. The van der Waals surface area contributed by atoms with Crippen molar-refractivity contribution in [1.82, 2.24) is 0 Å². The van der Waals surface area contributed by atoms with Crippen LogP contribution >= 0.6 is 0 Å². The van der Waals surface area contributed by atoms with Gasteiger partial charge in [0.15, 0.2) is 0 Å². The average molecular weight is 189 g/mol. The Morgan fingerprint density at radius 1 is 1.23 bits per heavy atom. The second kappa shape index (κ2) is 7.26. The maximum absolute atomic E-state index is 5.42. The van der Waals surface area contributed by atoms with Crippen molar-refractivity contribution < 1.29 is 14.2 Å². The summed E-state index contributed by atoms with van der Waals surface area (Å²) in [5.74, 6) is 0.592. The predicted octanol–water partition coefficient (Wildman–Crippen LogP) is 0.0148. The first-order valence-corrected chi connectivity index (χ1v) is 4.87. The molecule has 1 aliphatic rings. The van der Waals surface area contributed by atoms with Crippen molar-refractivity contribution in [3.8, 4) is 0 Å². The van der Waals surface area contributed by atoms with E-state index >= 15 is 0 Å². The highest BCUT2D eigenvalue weighted by Crippen LogP contribution is 2.11. The van der Waals surface area contributed by atoms with Crippen LogP contribution in [-0.2, 0) is 14.2 Å². The van der Waals surface area contributed by atoms with Crippen LogP contribution < -0.4 is 5.73 Å². The van der Waals surface area contributed by atoms with E-state index in [9.17, 15) is 0 Å². The molecule has 0 aromatic heterocycles. The molecule has 0 aromatic rings. The number of ether oxygens (including phenoxy) is 3. The molecule has 78 valence electrons. The SMILES string of the molecule is NCCOCCOCC1CCOC1. The highest BCUT2D eigenvalue weighted by molar-refractivity contribution is 4.62. The molecule has 4 heteroatoms. The summed E-state index contributed by atoms with van der Waals surface area (Å²) in [5, 5.41) is 0. The second-order valence-electron chi connectivity index (χ2n) is 3.21. The number of hydrogen-bond donors (Lipinski definition) is 1. The van der Waals surface area contributed by atoms with Gasteiger partial charge in [-0.3, -0.25) is 0 Å². The minimum atomic E-state index is 0.580. The highest BCUT2D eigenvalue weighted by atomic mass is 16.5. The van der Waals surface area contributed by atoms with E-state index in [1.165, 1.54) is 0 Å². The molecule has 0 radical (unpaired) electrons. The third kappa shape index (κ3) is 5.21. The van der Waals surface area contributed by atoms with E-state index in [4.69, 9.17) is 19.9 Å². The zero-order valence-electron chi connectivity index (χ0n) is 8.04. The highest BCUT2D eigenvalue weighted by Gasteiger charge is 2.14. The molecule has 1 rings (SSSR count). The molecular formula is C9H19NO3. The maximum Gasteiger partial charge on any atom is 0.0701 e. The first-order chi connectivity index (χ1) is 6.43. The molecule has 1 unspecified atom stereocenters. The van der Waals surface area contributed by atoms with Gasteiger partial charge in [0.05, 0.1) is 33.0 Å². The Hall–Kier alpha value is -0.160. The van der Waals surface area contributed by atoms with Gasteiger partial charge in [0.25, 0.3) is 0 Å². The molecule has 0 aromatic carbocycles. The van der Waals surface area contributed by atoms with Crippen molar-refractivity contribution in [3.63, 3.8) is 0 Å². The van der Waals surface area contributed by atoms with Crippen LogP contribution in [-0.4, -0.2) is 46.2 Å². The van der Waals surface area contributed by atoms with E-state index < -0.39 is 0 Å². The molecule has 0 saturated carbocycles. The predicted molar refractivity (Wildman–Crippen MR) is 49.6 cm³/mol. The maximum atomic E-state index is 5.42. The summed E-state index contributed by atoms with van der Waals surface area (Å²) in [4.78, 5) is 0. The number of rotatable bonds is 7. The molecule has 13 heavy (non-hydrogen) atoms. The van der Waals surface area contributed by atoms with Gasteiger partial charge in [-0.25, -0.2) is 0 Å². The molecule has 1 heterocycles. The standard InChI is InChI=1S/C9H19NO3/c10-2-4-11-5-6-13-8-9-1-3-12-7-9/h9H,1-8,10H2. The van der Waals surface area contributed by atoms with E-state index in [1.807, 2.05) is 0 Å². The monoisotopic (exact) mass is 189 g/mol. The molecule has 2 N–H and O–H groups in total. The van der Waals surface area contributed by atoms with Crippen molar-refractivity contribution >= 4 is 0 Å². The second-order valence-corrected chi connectivity index (χ2v) is 3.21. The van der Waals surface area contributed by atoms with Gasteiger partial charge in [0.2, 0.25) is 0 Å². The zero-order valence-corrected chi connectivity index (χ0v) is 8.04.